The Bertz CT molecular complexity index is 1250. The molecular weight excluding hydrogens is 476 g/mol. The molecule has 7 nitrogen and oxygen atoms in total. The monoisotopic (exact) mass is 496 g/mol. The lowest BCUT2D eigenvalue weighted by Gasteiger charge is -2.24. The highest BCUT2D eigenvalue weighted by Gasteiger charge is 2.44. The lowest BCUT2D eigenvalue weighted by molar-refractivity contribution is -0.139. The summed E-state index contributed by atoms with van der Waals surface area (Å²) >= 11 is 7.49. The summed E-state index contributed by atoms with van der Waals surface area (Å²) in [5.41, 5.74) is 3.90. The van der Waals surface area contributed by atoms with Gasteiger partial charge in [-0.2, -0.15) is 0 Å². The third kappa shape index (κ3) is 4.94. The van der Waals surface area contributed by atoms with E-state index in [1.807, 2.05) is 30.3 Å². The maximum absolute atomic E-state index is 13.2. The molecule has 0 saturated heterocycles. The fourth-order valence-electron chi connectivity index (χ4n) is 3.70. The molecule has 1 aliphatic rings. The van der Waals surface area contributed by atoms with Crippen molar-refractivity contribution in [2.45, 2.75) is 25.3 Å². The summed E-state index contributed by atoms with van der Waals surface area (Å²) < 4.78 is 0. The number of imide groups is 1. The van der Waals surface area contributed by atoms with Crippen LogP contribution in [0.2, 0.25) is 5.02 Å². The van der Waals surface area contributed by atoms with Crippen LogP contribution in [0.3, 0.4) is 0 Å². The van der Waals surface area contributed by atoms with Crippen LogP contribution < -0.4 is 5.43 Å². The second-order valence-electron chi connectivity index (χ2n) is 8.03. The zero-order valence-corrected chi connectivity index (χ0v) is 19.7. The van der Waals surface area contributed by atoms with Crippen molar-refractivity contribution >= 4 is 46.5 Å². The van der Waals surface area contributed by atoms with Crippen LogP contribution >= 0.6 is 22.9 Å². The molecule has 3 aromatic rings. The molecule has 0 aliphatic heterocycles. The van der Waals surface area contributed by atoms with Crippen molar-refractivity contribution in [2.75, 3.05) is 0 Å². The number of halogens is 1. The standard InChI is InChI=1S/C25H21ClN2O5S/c1-14(25(32)33)27-28(24(31)21-8-5-11-34-21)23(30)17-10-9-16(12-20(17)26)22(29)19-13-18(19)15-6-3-2-4-7-15/h2-12,14,18-19,27H,13H2,1H3,(H,32,33)/t14-,18?,19?/m0/s1. The van der Waals surface area contributed by atoms with Crippen molar-refractivity contribution in [2.24, 2.45) is 5.92 Å². The number of carboxylic acids is 1. The first-order chi connectivity index (χ1) is 16.3. The van der Waals surface area contributed by atoms with Crippen LogP contribution in [-0.2, 0) is 4.79 Å². The van der Waals surface area contributed by atoms with Crippen LogP contribution in [-0.4, -0.2) is 39.7 Å². The SMILES string of the molecule is C[C@H](NN(C(=O)c1cccs1)C(=O)c1ccc(C(=O)C2CC2c2ccccc2)cc1Cl)C(=O)O. The third-order valence-corrected chi connectivity index (χ3v) is 6.84. The molecular formula is C25H21ClN2O5S. The smallest absolute Gasteiger partial charge is 0.322 e. The molecule has 0 spiro atoms. The molecule has 1 heterocycles. The van der Waals surface area contributed by atoms with E-state index < -0.39 is 23.8 Å². The van der Waals surface area contributed by atoms with E-state index in [9.17, 15) is 24.3 Å². The van der Waals surface area contributed by atoms with Gasteiger partial charge in [-0.1, -0.05) is 54.1 Å². The molecule has 1 saturated carbocycles. The van der Waals surface area contributed by atoms with E-state index in [4.69, 9.17) is 11.6 Å². The van der Waals surface area contributed by atoms with Gasteiger partial charge < -0.3 is 5.11 Å². The van der Waals surface area contributed by atoms with Crippen molar-refractivity contribution < 1.29 is 24.3 Å². The number of ketones is 1. The molecule has 1 aliphatic carbocycles. The molecule has 0 radical (unpaired) electrons. The normalized spacial score (nSPS) is 17.6. The Kier molecular flexibility index (Phi) is 6.92. The summed E-state index contributed by atoms with van der Waals surface area (Å²) in [4.78, 5) is 50.6. The molecule has 4 rings (SSSR count). The minimum absolute atomic E-state index is 0.00141. The quantitative estimate of drug-likeness (QED) is 0.267. The van der Waals surface area contributed by atoms with Crippen LogP contribution in [0.1, 0.15) is 55.2 Å². The lowest BCUT2D eigenvalue weighted by atomic mass is 10.0. The van der Waals surface area contributed by atoms with E-state index in [1.54, 1.807) is 11.4 Å². The zero-order valence-electron chi connectivity index (χ0n) is 18.1. The fourth-order valence-corrected chi connectivity index (χ4v) is 4.61. The predicted octanol–water partition coefficient (Wildman–Crippen LogP) is 4.65. The first kappa shape index (κ1) is 23.8. The lowest BCUT2D eigenvalue weighted by Crippen LogP contribution is -2.52. The maximum Gasteiger partial charge on any atom is 0.322 e. The molecule has 0 bridgehead atoms. The molecule has 174 valence electrons. The molecule has 34 heavy (non-hydrogen) atoms. The van der Waals surface area contributed by atoms with Gasteiger partial charge in [-0.3, -0.25) is 19.2 Å². The van der Waals surface area contributed by atoms with Gasteiger partial charge in [-0.15, -0.1) is 11.3 Å². The van der Waals surface area contributed by atoms with Gasteiger partial charge in [0.2, 0.25) is 0 Å². The number of carbonyl (C=O) groups excluding carboxylic acids is 3. The van der Waals surface area contributed by atoms with E-state index >= 15 is 0 Å². The van der Waals surface area contributed by atoms with Crippen molar-refractivity contribution in [3.63, 3.8) is 0 Å². The van der Waals surface area contributed by atoms with E-state index in [-0.39, 0.29) is 33.1 Å². The van der Waals surface area contributed by atoms with Crippen molar-refractivity contribution in [3.05, 3.63) is 92.6 Å². The molecule has 9 heteroatoms. The maximum atomic E-state index is 13.2. The van der Waals surface area contributed by atoms with Crippen molar-refractivity contribution in [1.29, 1.82) is 0 Å². The second kappa shape index (κ2) is 9.89. The number of hydrogen-bond acceptors (Lipinski definition) is 6. The van der Waals surface area contributed by atoms with Crippen LogP contribution in [0.4, 0.5) is 0 Å². The van der Waals surface area contributed by atoms with Gasteiger partial charge in [0, 0.05) is 11.5 Å². The minimum Gasteiger partial charge on any atom is -0.480 e. The van der Waals surface area contributed by atoms with Gasteiger partial charge in [0.25, 0.3) is 11.8 Å². The van der Waals surface area contributed by atoms with E-state index in [1.165, 1.54) is 31.2 Å². The number of thiophene rings is 1. The van der Waals surface area contributed by atoms with Gasteiger partial charge in [0.15, 0.2) is 5.78 Å². The van der Waals surface area contributed by atoms with E-state index in [0.29, 0.717) is 10.6 Å². The Balaban J connectivity index is 1.55. The second-order valence-corrected chi connectivity index (χ2v) is 9.39. The summed E-state index contributed by atoms with van der Waals surface area (Å²) in [6, 6.07) is 16.1. The predicted molar refractivity (Wildman–Crippen MR) is 128 cm³/mol. The highest BCUT2D eigenvalue weighted by atomic mass is 35.5. The molecule has 3 atom stereocenters. The first-order valence-electron chi connectivity index (χ1n) is 10.6. The Hall–Kier alpha value is -3.33. The summed E-state index contributed by atoms with van der Waals surface area (Å²) in [6.07, 6.45) is 0.751. The number of aliphatic carboxylic acids is 1. The Morgan fingerprint density at radius 2 is 1.79 bits per heavy atom. The molecule has 2 amide bonds. The number of hydrogen-bond donors (Lipinski definition) is 2. The number of nitrogens with one attached hydrogen (secondary N) is 1. The number of Topliss-reactive ketones (excluding diaryl/α,β-unsaturated/α-hetero) is 1. The summed E-state index contributed by atoms with van der Waals surface area (Å²) in [6.45, 7) is 1.31. The average molecular weight is 497 g/mol. The average Bonchev–Trinajstić information content (AvgIpc) is 3.45. The number of carboxylic acid groups (broad SMARTS) is 1. The Morgan fingerprint density at radius 3 is 2.41 bits per heavy atom. The largest absolute Gasteiger partial charge is 0.480 e. The fraction of sp³-hybridized carbons (Fsp3) is 0.200. The number of carbonyl (C=O) groups is 4. The van der Waals surface area contributed by atoms with E-state index in [2.05, 4.69) is 5.43 Å². The number of rotatable bonds is 8. The summed E-state index contributed by atoms with van der Waals surface area (Å²) in [5.74, 6) is -2.79. The number of nitrogens with zero attached hydrogens (tertiary/aromatic N) is 1. The van der Waals surface area contributed by atoms with Gasteiger partial charge >= 0.3 is 5.97 Å². The van der Waals surface area contributed by atoms with E-state index in [0.717, 1.165) is 23.3 Å². The first-order valence-corrected chi connectivity index (χ1v) is 11.8. The molecule has 1 aromatic heterocycles. The third-order valence-electron chi connectivity index (χ3n) is 5.67. The van der Waals surface area contributed by atoms with Crippen LogP contribution in [0.5, 0.6) is 0 Å². The Morgan fingerprint density at radius 1 is 1.06 bits per heavy atom. The highest BCUT2D eigenvalue weighted by molar-refractivity contribution is 7.12. The van der Waals surface area contributed by atoms with Crippen molar-refractivity contribution in [3.8, 4) is 0 Å². The van der Waals surface area contributed by atoms with Gasteiger partial charge in [-0.25, -0.2) is 10.4 Å². The van der Waals surface area contributed by atoms with Crippen LogP contribution in [0.15, 0.2) is 66.0 Å². The minimum atomic E-state index is -1.23. The summed E-state index contributed by atoms with van der Waals surface area (Å²) in [7, 11) is 0. The van der Waals surface area contributed by atoms with Gasteiger partial charge in [0.05, 0.1) is 15.5 Å². The number of hydrazine groups is 1. The van der Waals surface area contributed by atoms with Gasteiger partial charge in [-0.05, 0) is 48.4 Å². The molecule has 2 aromatic carbocycles. The number of amides is 2. The zero-order chi connectivity index (χ0) is 24.4. The number of benzene rings is 2. The highest BCUT2D eigenvalue weighted by Crippen LogP contribution is 2.49. The Labute approximate surface area is 204 Å². The molecule has 2 N–H and O–H groups in total. The molecule has 1 fully saturated rings. The van der Waals surface area contributed by atoms with Crippen molar-refractivity contribution in [1.82, 2.24) is 10.4 Å². The summed E-state index contributed by atoms with van der Waals surface area (Å²) in [5, 5.41) is 11.6. The van der Waals surface area contributed by atoms with Crippen LogP contribution in [0.25, 0.3) is 0 Å². The van der Waals surface area contributed by atoms with Gasteiger partial charge in [0.1, 0.15) is 6.04 Å². The molecule has 2 unspecified atom stereocenters. The topological polar surface area (TPSA) is 104 Å². The van der Waals surface area contributed by atoms with Crippen LogP contribution in [0, 0.1) is 5.92 Å².